The van der Waals surface area contributed by atoms with E-state index in [1.807, 2.05) is 0 Å². The Morgan fingerprint density at radius 1 is 0.636 bits per heavy atom. The molecule has 0 radical (unpaired) electrons. The van der Waals surface area contributed by atoms with Gasteiger partial charge in [0, 0.05) is 17.5 Å². The van der Waals surface area contributed by atoms with Crippen LogP contribution in [0.5, 0.6) is 0 Å². The Labute approximate surface area is 139 Å². The smallest absolute Gasteiger partial charge is 0.171 e. The van der Waals surface area contributed by atoms with Crippen molar-refractivity contribution < 1.29 is 4.57 Å². The van der Waals surface area contributed by atoms with Crippen molar-refractivity contribution >= 4 is 0 Å². The molecule has 1 aromatic rings. The standard InChI is InChI=1S/C21H38N/c1-4-7-8-9-10-11-12-13-16-22-18-20(14-5-2)17-21(19-22)15-6-3/h17-19H,4-16H2,1-3H3/q+1. The van der Waals surface area contributed by atoms with Crippen molar-refractivity contribution in [2.24, 2.45) is 0 Å². The topological polar surface area (TPSA) is 3.88 Å². The van der Waals surface area contributed by atoms with Gasteiger partial charge in [0.15, 0.2) is 12.4 Å². The summed E-state index contributed by atoms with van der Waals surface area (Å²) in [6.45, 7) is 8.03. The molecule has 0 atom stereocenters. The minimum atomic E-state index is 1.20. The molecule has 22 heavy (non-hydrogen) atoms. The van der Waals surface area contributed by atoms with Crippen molar-refractivity contribution in [3.63, 3.8) is 0 Å². The third kappa shape index (κ3) is 8.56. The highest BCUT2D eigenvalue weighted by Gasteiger charge is 2.07. The van der Waals surface area contributed by atoms with Crippen LogP contribution in [0.4, 0.5) is 0 Å². The van der Waals surface area contributed by atoms with Crippen LogP contribution in [0.3, 0.4) is 0 Å². The molecule has 0 aliphatic heterocycles. The van der Waals surface area contributed by atoms with E-state index in [1.165, 1.54) is 94.7 Å². The molecule has 0 unspecified atom stereocenters. The normalized spacial score (nSPS) is 11.0. The van der Waals surface area contributed by atoms with Crippen LogP contribution < -0.4 is 4.57 Å². The Hall–Kier alpha value is -0.850. The zero-order chi connectivity index (χ0) is 16.0. The fourth-order valence-electron chi connectivity index (χ4n) is 3.18. The van der Waals surface area contributed by atoms with Gasteiger partial charge < -0.3 is 0 Å². The fraction of sp³-hybridized carbons (Fsp3) is 0.762. The van der Waals surface area contributed by atoms with Crippen LogP contribution in [0.15, 0.2) is 18.5 Å². The van der Waals surface area contributed by atoms with Gasteiger partial charge in [0.1, 0.15) is 6.54 Å². The van der Waals surface area contributed by atoms with Crippen molar-refractivity contribution in [3.05, 3.63) is 29.6 Å². The average Bonchev–Trinajstić information content (AvgIpc) is 2.50. The third-order valence-corrected chi connectivity index (χ3v) is 4.38. The summed E-state index contributed by atoms with van der Waals surface area (Å²) in [6, 6.07) is 2.41. The largest absolute Gasteiger partial charge is 0.205 e. The van der Waals surface area contributed by atoms with E-state index in [2.05, 4.69) is 43.8 Å². The highest BCUT2D eigenvalue weighted by molar-refractivity contribution is 5.15. The molecular formula is C21H38N+. The molecule has 1 heterocycles. The average molecular weight is 305 g/mol. The molecule has 0 N–H and O–H groups in total. The Balaban J connectivity index is 2.31. The highest BCUT2D eigenvalue weighted by Crippen LogP contribution is 2.09. The Kier molecular flexibility index (Phi) is 11.1. The van der Waals surface area contributed by atoms with E-state index in [1.54, 1.807) is 0 Å². The number of hydrogen-bond acceptors (Lipinski definition) is 0. The second-order valence-corrected chi connectivity index (χ2v) is 6.77. The lowest BCUT2D eigenvalue weighted by atomic mass is 10.1. The molecule has 126 valence electrons. The molecule has 0 bridgehead atoms. The lowest BCUT2D eigenvalue weighted by molar-refractivity contribution is -0.698. The van der Waals surface area contributed by atoms with E-state index in [4.69, 9.17) is 0 Å². The Bertz CT molecular complexity index is 359. The van der Waals surface area contributed by atoms with Crippen LogP contribution in [0.2, 0.25) is 0 Å². The second-order valence-electron chi connectivity index (χ2n) is 6.77. The zero-order valence-corrected chi connectivity index (χ0v) is 15.4. The highest BCUT2D eigenvalue weighted by atomic mass is 14.9. The minimum Gasteiger partial charge on any atom is -0.205 e. The maximum Gasteiger partial charge on any atom is 0.171 e. The number of rotatable bonds is 13. The lowest BCUT2D eigenvalue weighted by Crippen LogP contribution is -2.34. The van der Waals surface area contributed by atoms with Gasteiger partial charge in [-0.2, -0.15) is 0 Å². The van der Waals surface area contributed by atoms with Gasteiger partial charge in [-0.05, 0) is 25.3 Å². The van der Waals surface area contributed by atoms with E-state index in [0.29, 0.717) is 0 Å². The predicted octanol–water partition coefficient (Wildman–Crippen LogP) is 6.02. The van der Waals surface area contributed by atoms with Crippen molar-refractivity contribution in [2.45, 2.75) is 104 Å². The minimum absolute atomic E-state index is 1.20. The van der Waals surface area contributed by atoms with Crippen LogP contribution in [0.1, 0.15) is 96.1 Å². The van der Waals surface area contributed by atoms with Gasteiger partial charge >= 0.3 is 0 Å². The predicted molar refractivity (Wildman–Crippen MR) is 97.2 cm³/mol. The first-order valence-corrected chi connectivity index (χ1v) is 9.82. The number of pyridine rings is 1. The van der Waals surface area contributed by atoms with Crippen molar-refractivity contribution in [2.75, 3.05) is 0 Å². The molecule has 0 aliphatic carbocycles. The van der Waals surface area contributed by atoms with Crippen LogP contribution in [0.25, 0.3) is 0 Å². The van der Waals surface area contributed by atoms with E-state index >= 15 is 0 Å². The van der Waals surface area contributed by atoms with Gasteiger partial charge in [-0.25, -0.2) is 4.57 Å². The summed E-state index contributed by atoms with van der Waals surface area (Å²) in [4.78, 5) is 0. The van der Waals surface area contributed by atoms with E-state index in [9.17, 15) is 0 Å². The molecule has 0 saturated carbocycles. The molecule has 1 heteroatoms. The van der Waals surface area contributed by atoms with Crippen LogP contribution in [0, 0.1) is 0 Å². The first-order chi connectivity index (χ1) is 10.8. The van der Waals surface area contributed by atoms with Crippen molar-refractivity contribution in [1.82, 2.24) is 0 Å². The lowest BCUT2D eigenvalue weighted by Gasteiger charge is -2.05. The summed E-state index contributed by atoms with van der Waals surface area (Å²) in [5.74, 6) is 0. The van der Waals surface area contributed by atoms with Gasteiger partial charge in [-0.3, -0.25) is 0 Å². The number of unbranched alkanes of at least 4 members (excludes halogenated alkanes) is 7. The molecule has 0 fully saturated rings. The van der Waals surface area contributed by atoms with Crippen LogP contribution in [-0.2, 0) is 19.4 Å². The van der Waals surface area contributed by atoms with Gasteiger partial charge in [0.25, 0.3) is 0 Å². The summed E-state index contributed by atoms with van der Waals surface area (Å²) in [6.07, 6.45) is 20.9. The number of aromatic nitrogens is 1. The third-order valence-electron chi connectivity index (χ3n) is 4.38. The summed E-state index contributed by atoms with van der Waals surface area (Å²) in [5, 5.41) is 0. The molecule has 1 aromatic heterocycles. The van der Waals surface area contributed by atoms with E-state index < -0.39 is 0 Å². The number of nitrogens with zero attached hydrogens (tertiary/aromatic N) is 1. The van der Waals surface area contributed by atoms with E-state index in [0.717, 1.165) is 0 Å². The summed E-state index contributed by atoms with van der Waals surface area (Å²) in [5.41, 5.74) is 3.04. The molecule has 0 aliphatic rings. The van der Waals surface area contributed by atoms with Crippen molar-refractivity contribution in [1.29, 1.82) is 0 Å². The maximum atomic E-state index is 2.45. The first-order valence-electron chi connectivity index (χ1n) is 9.82. The van der Waals surface area contributed by atoms with E-state index in [-0.39, 0.29) is 0 Å². The second kappa shape index (κ2) is 12.7. The molecule has 1 nitrogen and oxygen atoms in total. The summed E-state index contributed by atoms with van der Waals surface area (Å²) in [7, 11) is 0. The molecular weight excluding hydrogens is 266 g/mol. The Morgan fingerprint density at radius 3 is 1.64 bits per heavy atom. The van der Waals surface area contributed by atoms with Gasteiger partial charge in [-0.1, -0.05) is 72.1 Å². The number of hydrogen-bond donors (Lipinski definition) is 0. The molecule has 0 aromatic carbocycles. The SMILES string of the molecule is CCCCCCCCCC[n+]1cc(CCC)cc(CCC)c1. The van der Waals surface area contributed by atoms with Crippen LogP contribution in [-0.4, -0.2) is 0 Å². The van der Waals surface area contributed by atoms with Crippen molar-refractivity contribution in [3.8, 4) is 0 Å². The molecule has 0 spiro atoms. The fourth-order valence-corrected chi connectivity index (χ4v) is 3.18. The van der Waals surface area contributed by atoms with Crippen LogP contribution >= 0.6 is 0 Å². The zero-order valence-electron chi connectivity index (χ0n) is 15.4. The Morgan fingerprint density at radius 2 is 1.14 bits per heavy atom. The molecule has 0 amide bonds. The quantitative estimate of drug-likeness (QED) is 0.310. The maximum absolute atomic E-state index is 2.45. The summed E-state index contributed by atoms with van der Waals surface area (Å²) < 4.78 is 2.45. The monoisotopic (exact) mass is 304 g/mol. The van der Waals surface area contributed by atoms with Gasteiger partial charge in [-0.15, -0.1) is 0 Å². The molecule has 1 rings (SSSR count). The van der Waals surface area contributed by atoms with Gasteiger partial charge in [0.05, 0.1) is 0 Å². The summed E-state index contributed by atoms with van der Waals surface area (Å²) >= 11 is 0. The first kappa shape index (κ1) is 19.2. The van der Waals surface area contributed by atoms with Gasteiger partial charge in [0.2, 0.25) is 0 Å². The number of aryl methyl sites for hydroxylation is 3. The molecule has 0 saturated heterocycles.